The molecule has 2 aromatic carbocycles. The third-order valence-electron chi connectivity index (χ3n) is 4.30. The van der Waals surface area contributed by atoms with Gasteiger partial charge in [-0.15, -0.1) is 0 Å². The molecule has 0 spiro atoms. The number of nitrogens with one attached hydrogen (secondary N) is 1. The van der Waals surface area contributed by atoms with Gasteiger partial charge in [0.15, 0.2) is 0 Å². The van der Waals surface area contributed by atoms with Crippen molar-refractivity contribution in [1.82, 2.24) is 20.2 Å². The van der Waals surface area contributed by atoms with Crippen LogP contribution in [-0.4, -0.2) is 34.8 Å². The summed E-state index contributed by atoms with van der Waals surface area (Å²) in [5, 5.41) is 6.35. The Labute approximate surface area is 154 Å². The minimum Gasteiger partial charge on any atom is -0.285 e. The van der Waals surface area contributed by atoms with Gasteiger partial charge in [0.05, 0.1) is 12.1 Å². The van der Waals surface area contributed by atoms with Crippen LogP contribution in [0.15, 0.2) is 54.7 Å². The van der Waals surface area contributed by atoms with E-state index in [0.717, 1.165) is 11.1 Å². The van der Waals surface area contributed by atoms with Crippen molar-refractivity contribution in [3.8, 4) is 11.3 Å². The van der Waals surface area contributed by atoms with E-state index < -0.39 is 0 Å². The number of carbonyl (C=O) groups is 1. The van der Waals surface area contributed by atoms with E-state index in [1.807, 2.05) is 35.1 Å². The lowest BCUT2D eigenvalue weighted by atomic mass is 10.0. The van der Waals surface area contributed by atoms with Crippen LogP contribution in [0, 0.1) is 13.8 Å². The molecule has 0 atom stereocenters. The second-order valence-electron chi connectivity index (χ2n) is 6.71. The van der Waals surface area contributed by atoms with Gasteiger partial charge in [-0.1, -0.05) is 42.5 Å². The highest BCUT2D eigenvalue weighted by Crippen LogP contribution is 2.25. The molecule has 0 fully saturated rings. The average Bonchev–Trinajstić information content (AvgIpc) is 3.01. The van der Waals surface area contributed by atoms with Crippen molar-refractivity contribution < 1.29 is 4.79 Å². The monoisotopic (exact) mass is 348 g/mol. The zero-order chi connectivity index (χ0) is 18.7. The fraction of sp³-hybridized carbons (Fsp3) is 0.238. The fourth-order valence-corrected chi connectivity index (χ4v) is 2.80. The number of amides is 1. The summed E-state index contributed by atoms with van der Waals surface area (Å²) in [5.74, 6) is -0.164. The number of benzene rings is 2. The van der Waals surface area contributed by atoms with Gasteiger partial charge in [0, 0.05) is 25.9 Å². The predicted octanol–water partition coefficient (Wildman–Crippen LogP) is 3.42. The summed E-state index contributed by atoms with van der Waals surface area (Å²) in [6.45, 7) is 4.76. The number of rotatable bonds is 5. The number of hydrazine groups is 1. The Morgan fingerprint density at radius 3 is 2.46 bits per heavy atom. The second kappa shape index (κ2) is 7.54. The van der Waals surface area contributed by atoms with E-state index in [2.05, 4.69) is 43.5 Å². The normalized spacial score (nSPS) is 11.0. The standard InChI is InChI=1S/C21H24N4O/c1-15-10-11-18(12-16(15)2)20-19(21(26)23-24(3)4)14-25(22-20)13-17-8-6-5-7-9-17/h5-12,14H,13H2,1-4H3,(H,23,26). The molecule has 5 nitrogen and oxygen atoms in total. The maximum Gasteiger partial charge on any atom is 0.269 e. The highest BCUT2D eigenvalue weighted by Gasteiger charge is 2.19. The molecule has 1 N–H and O–H groups in total. The van der Waals surface area contributed by atoms with Crippen molar-refractivity contribution in [2.75, 3.05) is 14.1 Å². The van der Waals surface area contributed by atoms with E-state index in [1.54, 1.807) is 19.1 Å². The van der Waals surface area contributed by atoms with Crippen molar-refractivity contribution in [3.63, 3.8) is 0 Å². The second-order valence-corrected chi connectivity index (χ2v) is 6.71. The molecule has 0 saturated carbocycles. The molecular weight excluding hydrogens is 324 g/mol. The number of carbonyl (C=O) groups excluding carboxylic acids is 1. The zero-order valence-corrected chi connectivity index (χ0v) is 15.7. The van der Waals surface area contributed by atoms with Crippen LogP contribution in [-0.2, 0) is 6.54 Å². The van der Waals surface area contributed by atoms with Gasteiger partial charge >= 0.3 is 0 Å². The van der Waals surface area contributed by atoms with Crippen LogP contribution in [0.4, 0.5) is 0 Å². The van der Waals surface area contributed by atoms with Gasteiger partial charge in [-0.05, 0) is 36.6 Å². The first-order chi connectivity index (χ1) is 12.4. The van der Waals surface area contributed by atoms with Gasteiger partial charge in [-0.2, -0.15) is 5.10 Å². The molecule has 0 radical (unpaired) electrons. The number of hydrogen-bond acceptors (Lipinski definition) is 3. The van der Waals surface area contributed by atoms with Gasteiger partial charge in [-0.25, -0.2) is 5.01 Å². The zero-order valence-electron chi connectivity index (χ0n) is 15.7. The van der Waals surface area contributed by atoms with Crippen molar-refractivity contribution >= 4 is 5.91 Å². The van der Waals surface area contributed by atoms with Gasteiger partial charge in [-0.3, -0.25) is 14.9 Å². The summed E-state index contributed by atoms with van der Waals surface area (Å²) >= 11 is 0. The number of aryl methyl sites for hydroxylation is 2. The third-order valence-corrected chi connectivity index (χ3v) is 4.30. The van der Waals surface area contributed by atoms with Crippen molar-refractivity contribution in [2.45, 2.75) is 20.4 Å². The Bertz CT molecular complexity index is 913. The fourth-order valence-electron chi connectivity index (χ4n) is 2.80. The van der Waals surface area contributed by atoms with E-state index in [0.29, 0.717) is 17.8 Å². The molecule has 0 saturated heterocycles. The van der Waals surface area contributed by atoms with Crippen molar-refractivity contribution in [2.24, 2.45) is 0 Å². The van der Waals surface area contributed by atoms with E-state index in [9.17, 15) is 4.79 Å². The summed E-state index contributed by atoms with van der Waals surface area (Å²) in [7, 11) is 3.59. The maximum absolute atomic E-state index is 12.7. The predicted molar refractivity (Wildman–Crippen MR) is 104 cm³/mol. The summed E-state index contributed by atoms with van der Waals surface area (Å²) in [4.78, 5) is 12.7. The van der Waals surface area contributed by atoms with E-state index in [4.69, 9.17) is 5.10 Å². The molecule has 26 heavy (non-hydrogen) atoms. The smallest absolute Gasteiger partial charge is 0.269 e. The van der Waals surface area contributed by atoms with Gasteiger partial charge < -0.3 is 0 Å². The number of aromatic nitrogens is 2. The molecular formula is C21H24N4O. The first kappa shape index (κ1) is 17.9. The quantitative estimate of drug-likeness (QED) is 0.719. The molecule has 1 heterocycles. The van der Waals surface area contributed by atoms with Crippen LogP contribution in [0.5, 0.6) is 0 Å². The van der Waals surface area contributed by atoms with Crippen LogP contribution in [0.3, 0.4) is 0 Å². The lowest BCUT2D eigenvalue weighted by Gasteiger charge is -2.11. The molecule has 134 valence electrons. The minimum atomic E-state index is -0.164. The van der Waals surface area contributed by atoms with Crippen LogP contribution < -0.4 is 5.43 Å². The molecule has 5 heteroatoms. The summed E-state index contributed by atoms with van der Waals surface area (Å²) in [6.07, 6.45) is 1.82. The Morgan fingerprint density at radius 1 is 1.08 bits per heavy atom. The van der Waals surface area contributed by atoms with Crippen molar-refractivity contribution in [3.05, 3.63) is 77.0 Å². The first-order valence-corrected chi connectivity index (χ1v) is 8.61. The Kier molecular flexibility index (Phi) is 5.19. The van der Waals surface area contributed by atoms with Gasteiger partial charge in [0.1, 0.15) is 5.69 Å². The molecule has 0 aliphatic heterocycles. The highest BCUT2D eigenvalue weighted by molar-refractivity contribution is 5.99. The number of nitrogens with zero attached hydrogens (tertiary/aromatic N) is 3. The topological polar surface area (TPSA) is 50.2 Å². The SMILES string of the molecule is Cc1ccc(-c2nn(Cc3ccccc3)cc2C(=O)NN(C)C)cc1C. The minimum absolute atomic E-state index is 0.164. The summed E-state index contributed by atoms with van der Waals surface area (Å²) in [6, 6.07) is 16.3. The summed E-state index contributed by atoms with van der Waals surface area (Å²) < 4.78 is 1.82. The molecule has 3 aromatic rings. The molecule has 0 aliphatic carbocycles. The van der Waals surface area contributed by atoms with Crippen LogP contribution in [0.2, 0.25) is 0 Å². The van der Waals surface area contributed by atoms with Crippen LogP contribution in [0.1, 0.15) is 27.0 Å². The Morgan fingerprint density at radius 2 is 1.81 bits per heavy atom. The molecule has 0 bridgehead atoms. The van der Waals surface area contributed by atoms with Gasteiger partial charge in [0.2, 0.25) is 0 Å². The summed E-state index contributed by atoms with van der Waals surface area (Å²) in [5.41, 5.74) is 8.57. The largest absolute Gasteiger partial charge is 0.285 e. The molecule has 0 aliphatic rings. The molecule has 1 amide bonds. The lowest BCUT2D eigenvalue weighted by molar-refractivity contribution is 0.0857. The Hall–Kier alpha value is -2.92. The first-order valence-electron chi connectivity index (χ1n) is 8.61. The lowest BCUT2D eigenvalue weighted by Crippen LogP contribution is -2.36. The average molecular weight is 348 g/mol. The number of hydrogen-bond donors (Lipinski definition) is 1. The van der Waals surface area contributed by atoms with Crippen LogP contribution >= 0.6 is 0 Å². The van der Waals surface area contributed by atoms with Gasteiger partial charge in [0.25, 0.3) is 5.91 Å². The third kappa shape index (κ3) is 4.00. The Balaban J connectivity index is 2.02. The van der Waals surface area contributed by atoms with E-state index in [-0.39, 0.29) is 5.91 Å². The molecule has 0 unspecified atom stereocenters. The molecule has 3 rings (SSSR count). The van der Waals surface area contributed by atoms with E-state index in [1.165, 1.54) is 11.1 Å². The maximum atomic E-state index is 12.7. The van der Waals surface area contributed by atoms with E-state index >= 15 is 0 Å². The highest BCUT2D eigenvalue weighted by atomic mass is 16.2. The molecule has 1 aromatic heterocycles. The van der Waals surface area contributed by atoms with Crippen LogP contribution in [0.25, 0.3) is 11.3 Å². The van der Waals surface area contributed by atoms with Crippen molar-refractivity contribution in [1.29, 1.82) is 0 Å².